The number of amides is 2. The number of carbonyl (C=O) groups is 2. The van der Waals surface area contributed by atoms with E-state index in [1.54, 1.807) is 13.2 Å². The lowest BCUT2D eigenvalue weighted by atomic mass is 10.0. The smallest absolute Gasteiger partial charge is 0.225 e. The maximum atomic E-state index is 13.5. The highest BCUT2D eigenvalue weighted by Crippen LogP contribution is 2.22. The van der Waals surface area contributed by atoms with Crippen LogP contribution in [0.4, 0.5) is 10.1 Å². The van der Waals surface area contributed by atoms with Crippen molar-refractivity contribution in [2.24, 2.45) is 5.92 Å². The zero-order chi connectivity index (χ0) is 21.2. The van der Waals surface area contributed by atoms with E-state index in [9.17, 15) is 14.0 Å². The Balaban J connectivity index is 1.74. The third-order valence-corrected chi connectivity index (χ3v) is 5.20. The van der Waals surface area contributed by atoms with Crippen LogP contribution in [0.3, 0.4) is 0 Å². The van der Waals surface area contributed by atoms with Crippen LogP contribution in [0, 0.1) is 11.7 Å². The van der Waals surface area contributed by atoms with E-state index in [0.29, 0.717) is 52.3 Å². The molecular weight excluding hydrogens is 375 g/mol. The summed E-state index contributed by atoms with van der Waals surface area (Å²) in [5.41, 5.74) is 0.841. The zero-order valence-corrected chi connectivity index (χ0v) is 17.6. The van der Waals surface area contributed by atoms with Gasteiger partial charge in [-0.3, -0.25) is 14.9 Å². The number of benzene rings is 1. The minimum absolute atomic E-state index is 0.0705. The summed E-state index contributed by atoms with van der Waals surface area (Å²) in [6.07, 6.45) is 0.832. The molecule has 0 aliphatic carbocycles. The van der Waals surface area contributed by atoms with Crippen LogP contribution >= 0.6 is 0 Å². The number of piperazine rings is 1. The lowest BCUT2D eigenvalue weighted by Gasteiger charge is -2.42. The predicted molar refractivity (Wildman–Crippen MR) is 111 cm³/mol. The van der Waals surface area contributed by atoms with Crippen molar-refractivity contribution < 1.29 is 18.7 Å². The third kappa shape index (κ3) is 7.29. The molecule has 0 saturated carbocycles. The summed E-state index contributed by atoms with van der Waals surface area (Å²) in [6, 6.07) is 6.65. The average Bonchev–Trinajstić information content (AvgIpc) is 2.71. The van der Waals surface area contributed by atoms with E-state index < -0.39 is 0 Å². The molecule has 1 fully saturated rings. The molecule has 0 bridgehead atoms. The second-order valence-electron chi connectivity index (χ2n) is 7.52. The molecule has 0 spiro atoms. The summed E-state index contributed by atoms with van der Waals surface area (Å²) >= 11 is 0. The molecule has 162 valence electrons. The molecule has 1 aliphatic heterocycles. The highest BCUT2D eigenvalue weighted by molar-refractivity contribution is 5.80. The molecule has 2 atom stereocenters. The number of carbonyl (C=O) groups excluding carboxylic acids is 2. The summed E-state index contributed by atoms with van der Waals surface area (Å²) < 4.78 is 18.4. The molecule has 1 aromatic rings. The Morgan fingerprint density at radius 1 is 1.34 bits per heavy atom. The number of anilines is 1. The van der Waals surface area contributed by atoms with Gasteiger partial charge in [0.2, 0.25) is 11.8 Å². The number of hydrogen-bond donors (Lipinski definition) is 2. The number of rotatable bonds is 10. The van der Waals surface area contributed by atoms with Crippen molar-refractivity contribution in [1.82, 2.24) is 15.5 Å². The lowest BCUT2D eigenvalue weighted by molar-refractivity contribution is -0.136. The highest BCUT2D eigenvalue weighted by Gasteiger charge is 2.29. The van der Waals surface area contributed by atoms with Gasteiger partial charge in [0.15, 0.2) is 0 Å². The molecule has 1 heterocycles. The monoisotopic (exact) mass is 408 g/mol. The van der Waals surface area contributed by atoms with Crippen LogP contribution in [0.25, 0.3) is 0 Å². The van der Waals surface area contributed by atoms with Gasteiger partial charge in [-0.25, -0.2) is 4.39 Å². The SMILES string of the molecule is COCCNCNC(=O)CCC(C)C(=O)N1CCN(c2cccc(F)c2)[C@@H](C)C1. The zero-order valence-electron chi connectivity index (χ0n) is 17.6. The van der Waals surface area contributed by atoms with Gasteiger partial charge in [-0.2, -0.15) is 0 Å². The summed E-state index contributed by atoms with van der Waals surface area (Å²) in [5, 5.41) is 5.83. The van der Waals surface area contributed by atoms with Crippen molar-refractivity contribution in [3.8, 4) is 0 Å². The molecular formula is C21H33FN4O3. The van der Waals surface area contributed by atoms with E-state index in [2.05, 4.69) is 15.5 Å². The fourth-order valence-corrected chi connectivity index (χ4v) is 3.49. The van der Waals surface area contributed by atoms with Crippen LogP contribution in [-0.2, 0) is 14.3 Å². The quantitative estimate of drug-likeness (QED) is 0.454. The second-order valence-corrected chi connectivity index (χ2v) is 7.52. The first kappa shape index (κ1) is 23.1. The minimum Gasteiger partial charge on any atom is -0.383 e. The van der Waals surface area contributed by atoms with Crippen molar-refractivity contribution in [3.05, 3.63) is 30.1 Å². The van der Waals surface area contributed by atoms with Crippen LogP contribution < -0.4 is 15.5 Å². The van der Waals surface area contributed by atoms with Gasteiger partial charge in [0.25, 0.3) is 0 Å². The average molecular weight is 409 g/mol. The number of ether oxygens (including phenoxy) is 1. The Bertz CT molecular complexity index is 673. The molecule has 7 nitrogen and oxygen atoms in total. The van der Waals surface area contributed by atoms with Gasteiger partial charge in [-0.1, -0.05) is 13.0 Å². The van der Waals surface area contributed by atoms with Crippen LogP contribution in [0.15, 0.2) is 24.3 Å². The topological polar surface area (TPSA) is 73.9 Å². The number of nitrogens with zero attached hydrogens (tertiary/aromatic N) is 2. The first-order valence-electron chi connectivity index (χ1n) is 10.2. The van der Waals surface area contributed by atoms with Crippen molar-refractivity contribution in [1.29, 1.82) is 0 Å². The maximum absolute atomic E-state index is 13.5. The van der Waals surface area contributed by atoms with E-state index in [1.807, 2.05) is 24.8 Å². The van der Waals surface area contributed by atoms with E-state index in [0.717, 1.165) is 5.69 Å². The number of hydrogen-bond acceptors (Lipinski definition) is 5. The van der Waals surface area contributed by atoms with Gasteiger partial charge in [0, 0.05) is 57.4 Å². The molecule has 2 amide bonds. The Morgan fingerprint density at radius 2 is 2.14 bits per heavy atom. The van der Waals surface area contributed by atoms with Gasteiger partial charge in [0.05, 0.1) is 13.3 Å². The molecule has 1 aromatic carbocycles. The number of halogens is 1. The van der Waals surface area contributed by atoms with Gasteiger partial charge in [0.1, 0.15) is 5.82 Å². The predicted octanol–water partition coefficient (Wildman–Crippen LogP) is 1.59. The van der Waals surface area contributed by atoms with Gasteiger partial charge < -0.3 is 19.9 Å². The summed E-state index contributed by atoms with van der Waals surface area (Å²) in [6.45, 7) is 7.42. The van der Waals surface area contributed by atoms with Crippen LogP contribution in [0.1, 0.15) is 26.7 Å². The van der Waals surface area contributed by atoms with Crippen LogP contribution in [0.5, 0.6) is 0 Å². The first-order valence-corrected chi connectivity index (χ1v) is 10.2. The second kappa shape index (κ2) is 11.7. The van der Waals surface area contributed by atoms with Crippen molar-refractivity contribution >= 4 is 17.5 Å². The molecule has 2 rings (SSSR count). The molecule has 2 N–H and O–H groups in total. The highest BCUT2D eigenvalue weighted by atomic mass is 19.1. The minimum atomic E-state index is -0.256. The Labute approximate surface area is 172 Å². The fourth-order valence-electron chi connectivity index (χ4n) is 3.49. The maximum Gasteiger partial charge on any atom is 0.225 e. The van der Waals surface area contributed by atoms with E-state index in [4.69, 9.17) is 4.74 Å². The van der Waals surface area contributed by atoms with Crippen LogP contribution in [0.2, 0.25) is 0 Å². The molecule has 1 unspecified atom stereocenters. The van der Waals surface area contributed by atoms with Gasteiger partial charge in [-0.05, 0) is 31.5 Å². The molecule has 0 aromatic heterocycles. The van der Waals surface area contributed by atoms with E-state index in [-0.39, 0.29) is 29.6 Å². The largest absolute Gasteiger partial charge is 0.383 e. The van der Waals surface area contributed by atoms with E-state index in [1.165, 1.54) is 12.1 Å². The number of nitrogens with one attached hydrogen (secondary N) is 2. The third-order valence-electron chi connectivity index (χ3n) is 5.20. The molecule has 29 heavy (non-hydrogen) atoms. The van der Waals surface area contributed by atoms with Gasteiger partial charge in [-0.15, -0.1) is 0 Å². The Hall–Kier alpha value is -2.19. The Morgan fingerprint density at radius 3 is 2.83 bits per heavy atom. The number of methoxy groups -OCH3 is 1. The van der Waals surface area contributed by atoms with Crippen molar-refractivity contribution in [3.63, 3.8) is 0 Å². The first-order chi connectivity index (χ1) is 13.9. The lowest BCUT2D eigenvalue weighted by Crippen LogP contribution is -2.54. The summed E-state index contributed by atoms with van der Waals surface area (Å²) in [7, 11) is 1.63. The molecule has 1 aliphatic rings. The standard InChI is InChI=1S/C21H33FN4O3/c1-16(7-8-20(27)24-15-23-9-12-29-3)21(28)25-10-11-26(17(2)14-25)19-6-4-5-18(22)13-19/h4-6,13,16-17,23H,7-12,14-15H2,1-3H3,(H,24,27)/t16?,17-/m0/s1. The molecule has 8 heteroatoms. The van der Waals surface area contributed by atoms with Crippen LogP contribution in [-0.4, -0.2) is 69.3 Å². The normalized spacial score (nSPS) is 17.9. The molecule has 1 saturated heterocycles. The summed E-state index contributed by atoms with van der Waals surface area (Å²) in [4.78, 5) is 28.7. The van der Waals surface area contributed by atoms with Crippen molar-refractivity contribution in [2.75, 3.05) is 51.5 Å². The Kier molecular flexibility index (Phi) is 9.34. The summed E-state index contributed by atoms with van der Waals surface area (Å²) in [5.74, 6) is -0.468. The van der Waals surface area contributed by atoms with E-state index >= 15 is 0 Å². The van der Waals surface area contributed by atoms with Gasteiger partial charge >= 0.3 is 0 Å². The molecule has 0 radical (unpaired) electrons. The fraction of sp³-hybridized carbons (Fsp3) is 0.619. The van der Waals surface area contributed by atoms with Crippen molar-refractivity contribution in [2.45, 2.75) is 32.7 Å².